The van der Waals surface area contributed by atoms with Crippen molar-refractivity contribution in [1.29, 1.82) is 0 Å². The van der Waals surface area contributed by atoms with Crippen LogP contribution in [0.25, 0.3) is 0 Å². The van der Waals surface area contributed by atoms with Crippen LogP contribution in [0, 0.1) is 15.9 Å². The molecule has 0 atom stereocenters. The lowest BCUT2D eigenvalue weighted by molar-refractivity contribution is -0.384. The van der Waals surface area contributed by atoms with Gasteiger partial charge < -0.3 is 0 Å². The summed E-state index contributed by atoms with van der Waals surface area (Å²) in [7, 11) is 0. The van der Waals surface area contributed by atoms with E-state index in [9.17, 15) is 33.7 Å². The highest BCUT2D eigenvalue weighted by atomic mass is 19.1. The van der Waals surface area contributed by atoms with Gasteiger partial charge in [0, 0.05) is 36.1 Å². The summed E-state index contributed by atoms with van der Waals surface area (Å²) in [4.78, 5) is 59.9. The Balaban J connectivity index is 1.92. The minimum absolute atomic E-state index is 0.0463. The highest BCUT2D eigenvalue weighted by Crippen LogP contribution is 2.20. The van der Waals surface area contributed by atoms with Crippen LogP contribution in [0.4, 0.5) is 10.1 Å². The number of hydrazine groups is 1. The molecule has 3 amide bonds. The number of hydrogen-bond donors (Lipinski definition) is 0. The molecular formula is C19H14FN3O6. The van der Waals surface area contributed by atoms with Gasteiger partial charge in [0.25, 0.3) is 11.6 Å². The van der Waals surface area contributed by atoms with Crippen molar-refractivity contribution >= 4 is 29.2 Å². The fourth-order valence-corrected chi connectivity index (χ4v) is 2.81. The molecule has 1 aliphatic rings. The summed E-state index contributed by atoms with van der Waals surface area (Å²) in [5, 5.41) is 12.1. The van der Waals surface area contributed by atoms with Crippen molar-refractivity contribution < 1.29 is 28.5 Å². The molecule has 2 aromatic rings. The zero-order chi connectivity index (χ0) is 21.1. The average molecular weight is 399 g/mol. The highest BCUT2D eigenvalue weighted by Gasteiger charge is 2.38. The second-order valence-corrected chi connectivity index (χ2v) is 6.20. The molecule has 10 heteroatoms. The third kappa shape index (κ3) is 4.15. The number of Topliss-reactive ketones (excluding diaryl/α,β-unsaturated/α-hetero) is 1. The summed E-state index contributed by atoms with van der Waals surface area (Å²) in [6.07, 6.45) is -0.207. The van der Waals surface area contributed by atoms with Gasteiger partial charge in [0.15, 0.2) is 5.78 Å². The molecule has 0 unspecified atom stereocenters. The predicted molar refractivity (Wildman–Crippen MR) is 96.0 cm³/mol. The number of imide groups is 1. The van der Waals surface area contributed by atoms with E-state index in [1.165, 1.54) is 24.3 Å². The van der Waals surface area contributed by atoms with Gasteiger partial charge in [-0.1, -0.05) is 0 Å². The molecule has 0 bridgehead atoms. The van der Waals surface area contributed by atoms with Crippen LogP contribution in [0.1, 0.15) is 33.6 Å². The Morgan fingerprint density at radius 3 is 2.00 bits per heavy atom. The number of non-ortho nitro benzene ring substituents is 1. The number of nitro benzene ring substituents is 1. The molecule has 0 aliphatic carbocycles. The number of nitro groups is 1. The van der Waals surface area contributed by atoms with Crippen molar-refractivity contribution in [2.24, 2.45) is 0 Å². The Morgan fingerprint density at radius 1 is 0.966 bits per heavy atom. The lowest BCUT2D eigenvalue weighted by Gasteiger charge is -2.29. The van der Waals surface area contributed by atoms with E-state index in [0.717, 1.165) is 24.3 Å². The number of amides is 3. The van der Waals surface area contributed by atoms with Gasteiger partial charge in [-0.05, 0) is 36.4 Å². The van der Waals surface area contributed by atoms with Crippen LogP contribution in [0.3, 0.4) is 0 Å². The maximum atomic E-state index is 13.1. The first-order valence-corrected chi connectivity index (χ1v) is 8.48. The monoisotopic (exact) mass is 399 g/mol. The number of nitrogens with zero attached hydrogens (tertiary/aromatic N) is 3. The molecule has 0 spiro atoms. The molecule has 2 aromatic carbocycles. The van der Waals surface area contributed by atoms with Gasteiger partial charge in [0.1, 0.15) is 12.4 Å². The van der Waals surface area contributed by atoms with Gasteiger partial charge >= 0.3 is 0 Å². The molecular weight excluding hydrogens is 385 g/mol. The van der Waals surface area contributed by atoms with Crippen LogP contribution in [-0.2, 0) is 9.59 Å². The van der Waals surface area contributed by atoms with Crippen molar-refractivity contribution in [2.75, 3.05) is 6.54 Å². The molecule has 3 rings (SSSR count). The number of benzene rings is 2. The van der Waals surface area contributed by atoms with Crippen molar-refractivity contribution in [3.8, 4) is 0 Å². The van der Waals surface area contributed by atoms with Gasteiger partial charge in [-0.15, -0.1) is 0 Å². The molecule has 148 valence electrons. The summed E-state index contributed by atoms with van der Waals surface area (Å²) in [6.45, 7) is -0.640. The molecule has 0 radical (unpaired) electrons. The summed E-state index contributed by atoms with van der Waals surface area (Å²) < 4.78 is 13.1. The van der Waals surface area contributed by atoms with E-state index in [0.29, 0.717) is 10.0 Å². The van der Waals surface area contributed by atoms with Gasteiger partial charge in [0.2, 0.25) is 11.8 Å². The van der Waals surface area contributed by atoms with E-state index in [1.54, 1.807) is 0 Å². The number of carbonyl (C=O) groups excluding carboxylic acids is 4. The standard InChI is InChI=1S/C19H14FN3O6/c20-14-5-1-12(2-6-14)16(24)11-21(22-17(25)9-10-18(22)26)19(27)13-3-7-15(8-4-13)23(28)29/h1-8H,9-11H2. The quantitative estimate of drug-likeness (QED) is 0.318. The van der Waals surface area contributed by atoms with Crippen molar-refractivity contribution in [3.05, 3.63) is 75.6 Å². The number of ketones is 1. The molecule has 9 nitrogen and oxygen atoms in total. The molecule has 0 N–H and O–H groups in total. The van der Waals surface area contributed by atoms with Crippen LogP contribution in [0.5, 0.6) is 0 Å². The fourth-order valence-electron chi connectivity index (χ4n) is 2.81. The predicted octanol–water partition coefficient (Wildman–Crippen LogP) is 2.12. The van der Waals surface area contributed by atoms with E-state index >= 15 is 0 Å². The fraction of sp³-hybridized carbons (Fsp3) is 0.158. The van der Waals surface area contributed by atoms with Crippen LogP contribution in [0.2, 0.25) is 0 Å². The van der Waals surface area contributed by atoms with E-state index in [4.69, 9.17) is 0 Å². The first-order chi connectivity index (χ1) is 13.8. The Hall–Kier alpha value is -3.95. The van der Waals surface area contributed by atoms with Gasteiger partial charge in [-0.2, -0.15) is 5.01 Å². The van der Waals surface area contributed by atoms with Crippen molar-refractivity contribution in [3.63, 3.8) is 0 Å². The molecule has 0 aromatic heterocycles. The molecule has 1 fully saturated rings. The van der Waals surface area contributed by atoms with Crippen LogP contribution in [-0.4, -0.2) is 45.0 Å². The highest BCUT2D eigenvalue weighted by molar-refractivity contribution is 6.07. The smallest absolute Gasteiger partial charge is 0.273 e. The van der Waals surface area contributed by atoms with Crippen molar-refractivity contribution in [1.82, 2.24) is 10.0 Å². The zero-order valence-corrected chi connectivity index (χ0v) is 14.9. The van der Waals surface area contributed by atoms with E-state index < -0.39 is 40.8 Å². The maximum Gasteiger partial charge on any atom is 0.273 e. The Labute approximate surface area is 163 Å². The van der Waals surface area contributed by atoms with Gasteiger partial charge in [0.05, 0.1) is 4.92 Å². The molecule has 1 aliphatic heterocycles. The first kappa shape index (κ1) is 19.8. The summed E-state index contributed by atoms with van der Waals surface area (Å²) in [5.41, 5.74) is -0.203. The van der Waals surface area contributed by atoms with Crippen LogP contribution >= 0.6 is 0 Å². The normalized spacial score (nSPS) is 13.5. The third-order valence-electron chi connectivity index (χ3n) is 4.29. The largest absolute Gasteiger partial charge is 0.292 e. The summed E-state index contributed by atoms with van der Waals surface area (Å²) in [6, 6.07) is 9.12. The minimum atomic E-state index is -0.848. The summed E-state index contributed by atoms with van der Waals surface area (Å²) in [5.74, 6) is -3.30. The minimum Gasteiger partial charge on any atom is -0.292 e. The summed E-state index contributed by atoms with van der Waals surface area (Å²) >= 11 is 0. The number of halogens is 1. The van der Waals surface area contributed by atoms with Crippen LogP contribution < -0.4 is 0 Å². The Kier molecular flexibility index (Phi) is 5.44. The number of rotatable bonds is 6. The average Bonchev–Trinajstić information content (AvgIpc) is 3.04. The molecule has 1 saturated heterocycles. The van der Waals surface area contributed by atoms with Gasteiger partial charge in [-0.25, -0.2) is 9.40 Å². The van der Waals surface area contributed by atoms with Crippen molar-refractivity contribution in [2.45, 2.75) is 12.8 Å². The Morgan fingerprint density at radius 2 is 1.48 bits per heavy atom. The second-order valence-electron chi connectivity index (χ2n) is 6.20. The topological polar surface area (TPSA) is 118 Å². The zero-order valence-electron chi connectivity index (χ0n) is 14.9. The second kappa shape index (κ2) is 7.97. The third-order valence-corrected chi connectivity index (χ3v) is 4.29. The molecule has 0 saturated carbocycles. The maximum absolute atomic E-state index is 13.1. The molecule has 1 heterocycles. The Bertz CT molecular complexity index is 988. The first-order valence-electron chi connectivity index (χ1n) is 8.48. The van der Waals surface area contributed by atoms with E-state index in [-0.39, 0.29) is 29.7 Å². The van der Waals surface area contributed by atoms with E-state index in [2.05, 4.69) is 0 Å². The lowest BCUT2D eigenvalue weighted by atomic mass is 10.1. The molecule has 29 heavy (non-hydrogen) atoms. The number of carbonyl (C=O) groups is 4. The SMILES string of the molecule is O=C(CN(C(=O)c1ccc([N+](=O)[O-])cc1)N1C(=O)CCC1=O)c1ccc(F)cc1. The van der Waals surface area contributed by atoms with Crippen LogP contribution in [0.15, 0.2) is 48.5 Å². The van der Waals surface area contributed by atoms with Gasteiger partial charge in [-0.3, -0.25) is 29.3 Å². The lowest BCUT2D eigenvalue weighted by Crippen LogP contribution is -2.51. The van der Waals surface area contributed by atoms with E-state index in [1.807, 2.05) is 0 Å². The number of hydrogen-bond acceptors (Lipinski definition) is 6.